The second-order valence-corrected chi connectivity index (χ2v) is 5.60. The molecule has 1 aromatic carbocycles. The summed E-state index contributed by atoms with van der Waals surface area (Å²) in [6, 6.07) is 6.23. The van der Waals surface area contributed by atoms with Gasteiger partial charge in [-0.15, -0.1) is 0 Å². The Morgan fingerprint density at radius 1 is 1.38 bits per heavy atom. The number of hydrogen-bond donors (Lipinski definition) is 2. The third-order valence-electron chi connectivity index (χ3n) is 4.14. The summed E-state index contributed by atoms with van der Waals surface area (Å²) in [5.41, 5.74) is 1.15. The number of carboxylic acids is 1. The van der Waals surface area contributed by atoms with E-state index in [1.165, 1.54) is 12.1 Å². The van der Waals surface area contributed by atoms with Gasteiger partial charge in [0.05, 0.1) is 17.6 Å². The van der Waals surface area contributed by atoms with Crippen LogP contribution in [0.25, 0.3) is 0 Å². The molecule has 0 unspecified atom stereocenters. The minimum absolute atomic E-state index is 0.191. The summed E-state index contributed by atoms with van der Waals surface area (Å²) in [5, 5.41) is 21.2. The molecule has 1 fully saturated rings. The van der Waals surface area contributed by atoms with E-state index in [1.807, 2.05) is 6.07 Å². The monoisotopic (exact) mass is 290 g/mol. The third kappa shape index (κ3) is 4.27. The van der Waals surface area contributed by atoms with Crippen LogP contribution >= 0.6 is 0 Å². The summed E-state index contributed by atoms with van der Waals surface area (Å²) in [4.78, 5) is 10.9. The first kappa shape index (κ1) is 15.5. The van der Waals surface area contributed by atoms with Gasteiger partial charge in [0.1, 0.15) is 5.82 Å². The van der Waals surface area contributed by atoms with Gasteiger partial charge in [-0.05, 0) is 55.8 Å². The number of halogens is 1. The Hall–Kier alpha value is -1.93. The van der Waals surface area contributed by atoms with Crippen LogP contribution in [0, 0.1) is 29.0 Å². The highest BCUT2D eigenvalue weighted by Crippen LogP contribution is 2.28. The fourth-order valence-electron chi connectivity index (χ4n) is 2.83. The molecule has 0 saturated heterocycles. The molecule has 112 valence electrons. The Balaban J connectivity index is 1.78. The quantitative estimate of drug-likeness (QED) is 0.874. The van der Waals surface area contributed by atoms with Gasteiger partial charge in [-0.25, -0.2) is 4.39 Å². The van der Waals surface area contributed by atoms with E-state index in [4.69, 9.17) is 10.4 Å². The average Bonchev–Trinajstić information content (AvgIpc) is 2.49. The van der Waals surface area contributed by atoms with Crippen molar-refractivity contribution in [2.24, 2.45) is 11.8 Å². The lowest BCUT2D eigenvalue weighted by molar-refractivity contribution is -0.143. The molecule has 0 aromatic heterocycles. The smallest absolute Gasteiger partial charge is 0.306 e. The first-order chi connectivity index (χ1) is 10.1. The molecular formula is C16H19FN2O2. The minimum atomic E-state index is -0.689. The Kier molecular flexibility index (Phi) is 5.29. The number of carbonyl (C=O) groups is 1. The molecule has 0 spiro atoms. The number of rotatable bonds is 5. The lowest BCUT2D eigenvalue weighted by Crippen LogP contribution is -2.28. The topological polar surface area (TPSA) is 73.1 Å². The van der Waals surface area contributed by atoms with E-state index < -0.39 is 11.8 Å². The van der Waals surface area contributed by atoms with Gasteiger partial charge in [0.15, 0.2) is 0 Å². The van der Waals surface area contributed by atoms with Crippen LogP contribution in [0.2, 0.25) is 0 Å². The maximum Gasteiger partial charge on any atom is 0.306 e. The van der Waals surface area contributed by atoms with Crippen molar-refractivity contribution in [2.75, 3.05) is 6.54 Å². The van der Waals surface area contributed by atoms with E-state index in [0.717, 1.165) is 37.8 Å². The molecule has 1 aliphatic rings. The maximum absolute atomic E-state index is 13.0. The molecule has 4 nitrogen and oxygen atoms in total. The summed E-state index contributed by atoms with van der Waals surface area (Å²) in [5.74, 6) is -0.802. The molecule has 0 heterocycles. The van der Waals surface area contributed by atoms with Crippen LogP contribution in [-0.2, 0) is 11.3 Å². The lowest BCUT2D eigenvalue weighted by atomic mass is 9.82. The number of nitrogens with one attached hydrogen (secondary N) is 1. The van der Waals surface area contributed by atoms with E-state index in [9.17, 15) is 9.18 Å². The van der Waals surface area contributed by atoms with Gasteiger partial charge in [-0.1, -0.05) is 6.07 Å². The molecule has 0 atom stereocenters. The van der Waals surface area contributed by atoms with Crippen LogP contribution < -0.4 is 5.32 Å². The molecule has 21 heavy (non-hydrogen) atoms. The molecular weight excluding hydrogens is 271 g/mol. The number of aliphatic carboxylic acids is 1. The molecule has 1 aromatic rings. The number of carboxylic acid groups (broad SMARTS) is 1. The van der Waals surface area contributed by atoms with Gasteiger partial charge in [-0.2, -0.15) is 5.26 Å². The van der Waals surface area contributed by atoms with Crippen molar-refractivity contribution in [3.63, 3.8) is 0 Å². The van der Waals surface area contributed by atoms with Crippen LogP contribution in [0.1, 0.15) is 36.8 Å². The van der Waals surface area contributed by atoms with Gasteiger partial charge in [0.25, 0.3) is 0 Å². The van der Waals surface area contributed by atoms with E-state index in [1.54, 1.807) is 6.07 Å². The standard InChI is InChI=1S/C16H19FN2O2/c17-15-6-5-13(14(7-15)8-18)10-19-9-11-1-3-12(4-2-11)16(20)21/h5-7,11-12,19H,1-4,9-10H2,(H,20,21). The van der Waals surface area contributed by atoms with Gasteiger partial charge in [0.2, 0.25) is 0 Å². The fourth-order valence-corrected chi connectivity index (χ4v) is 2.83. The van der Waals surface area contributed by atoms with E-state index >= 15 is 0 Å². The highest BCUT2D eigenvalue weighted by Gasteiger charge is 2.25. The van der Waals surface area contributed by atoms with E-state index in [0.29, 0.717) is 18.0 Å². The van der Waals surface area contributed by atoms with Crippen molar-refractivity contribution < 1.29 is 14.3 Å². The first-order valence-electron chi connectivity index (χ1n) is 7.22. The van der Waals surface area contributed by atoms with Crippen molar-refractivity contribution >= 4 is 5.97 Å². The highest BCUT2D eigenvalue weighted by molar-refractivity contribution is 5.69. The molecule has 1 aliphatic carbocycles. The molecule has 0 amide bonds. The molecule has 0 bridgehead atoms. The largest absolute Gasteiger partial charge is 0.481 e. The Labute approximate surface area is 123 Å². The molecule has 2 N–H and O–H groups in total. The molecule has 0 aliphatic heterocycles. The van der Waals surface area contributed by atoms with Crippen molar-refractivity contribution in [1.82, 2.24) is 5.32 Å². The minimum Gasteiger partial charge on any atom is -0.481 e. The number of nitrogens with zero attached hydrogens (tertiary/aromatic N) is 1. The zero-order valence-electron chi connectivity index (χ0n) is 11.8. The summed E-state index contributed by atoms with van der Waals surface area (Å²) >= 11 is 0. The van der Waals surface area contributed by atoms with Crippen molar-refractivity contribution in [2.45, 2.75) is 32.2 Å². The molecule has 2 rings (SSSR count). The second-order valence-electron chi connectivity index (χ2n) is 5.60. The SMILES string of the molecule is N#Cc1cc(F)ccc1CNCC1CCC(C(=O)O)CC1. The van der Waals surface area contributed by atoms with E-state index in [-0.39, 0.29) is 5.92 Å². The molecule has 0 radical (unpaired) electrons. The van der Waals surface area contributed by atoms with Crippen molar-refractivity contribution in [3.05, 3.63) is 35.1 Å². The molecule has 1 saturated carbocycles. The van der Waals surface area contributed by atoms with Crippen LogP contribution in [0.5, 0.6) is 0 Å². The van der Waals surface area contributed by atoms with Gasteiger partial charge < -0.3 is 10.4 Å². The highest BCUT2D eigenvalue weighted by atomic mass is 19.1. The second kappa shape index (κ2) is 7.19. The number of benzene rings is 1. The Bertz CT molecular complexity index is 546. The van der Waals surface area contributed by atoms with Crippen LogP contribution in [0.4, 0.5) is 4.39 Å². The predicted octanol–water partition coefficient (Wildman–Crippen LogP) is 2.68. The van der Waals surface area contributed by atoms with Crippen LogP contribution in [0.15, 0.2) is 18.2 Å². The Morgan fingerprint density at radius 2 is 2.10 bits per heavy atom. The summed E-state index contributed by atoms with van der Waals surface area (Å²) in [7, 11) is 0. The van der Waals surface area contributed by atoms with Crippen molar-refractivity contribution in [3.8, 4) is 6.07 Å². The number of hydrogen-bond acceptors (Lipinski definition) is 3. The summed E-state index contributed by atoms with van der Waals surface area (Å²) in [6.07, 6.45) is 3.31. The lowest BCUT2D eigenvalue weighted by Gasteiger charge is -2.26. The molecule has 5 heteroatoms. The van der Waals surface area contributed by atoms with Crippen LogP contribution in [0.3, 0.4) is 0 Å². The van der Waals surface area contributed by atoms with Gasteiger partial charge in [0, 0.05) is 6.54 Å². The average molecular weight is 290 g/mol. The summed E-state index contributed by atoms with van der Waals surface area (Å²) in [6.45, 7) is 1.33. The zero-order chi connectivity index (χ0) is 15.2. The van der Waals surface area contributed by atoms with Gasteiger partial charge >= 0.3 is 5.97 Å². The fraction of sp³-hybridized carbons (Fsp3) is 0.500. The number of nitriles is 1. The normalized spacial score (nSPS) is 21.7. The zero-order valence-corrected chi connectivity index (χ0v) is 11.8. The van der Waals surface area contributed by atoms with Gasteiger partial charge in [-0.3, -0.25) is 4.79 Å². The van der Waals surface area contributed by atoms with Crippen LogP contribution in [-0.4, -0.2) is 17.6 Å². The Morgan fingerprint density at radius 3 is 2.71 bits per heavy atom. The third-order valence-corrected chi connectivity index (χ3v) is 4.14. The predicted molar refractivity (Wildman–Crippen MR) is 75.9 cm³/mol. The maximum atomic E-state index is 13.0. The van der Waals surface area contributed by atoms with E-state index in [2.05, 4.69) is 5.32 Å². The first-order valence-corrected chi connectivity index (χ1v) is 7.22. The van der Waals surface area contributed by atoms with Crippen molar-refractivity contribution in [1.29, 1.82) is 5.26 Å². The summed E-state index contributed by atoms with van der Waals surface area (Å²) < 4.78 is 13.0.